The van der Waals surface area contributed by atoms with Crippen molar-refractivity contribution in [2.24, 2.45) is 23.7 Å². The Bertz CT molecular complexity index is 2240. The summed E-state index contributed by atoms with van der Waals surface area (Å²) in [5.74, 6) is -2.38. The fraction of sp³-hybridized carbons (Fsp3) is 0.444. The number of ether oxygens (including phenoxy) is 2. The molecule has 3 atom stereocenters. The maximum Gasteiger partial charge on any atom is 2.00 e. The van der Waals surface area contributed by atoms with Gasteiger partial charge in [-0.05, 0) is 82.8 Å². The number of ketones is 1. The molecule has 2 aliphatic heterocycles. The molecule has 1 fully saturated rings. The van der Waals surface area contributed by atoms with Crippen LogP contribution in [0.1, 0.15) is 128 Å². The molecule has 0 saturated carbocycles. The van der Waals surface area contributed by atoms with Crippen molar-refractivity contribution in [1.82, 2.24) is 15.0 Å². The van der Waals surface area contributed by atoms with E-state index in [0.717, 1.165) is 75.7 Å². The summed E-state index contributed by atoms with van der Waals surface area (Å²) < 4.78 is 10.9. The van der Waals surface area contributed by atoms with Gasteiger partial charge in [-0.15, -0.1) is 33.5 Å². The van der Waals surface area contributed by atoms with Gasteiger partial charge in [-0.25, -0.2) is 0 Å². The zero-order valence-electron chi connectivity index (χ0n) is 33.9. The summed E-state index contributed by atoms with van der Waals surface area (Å²) in [7, 11) is 1.29. The maximum atomic E-state index is 14.3. The van der Waals surface area contributed by atoms with E-state index < -0.39 is 11.9 Å². The van der Waals surface area contributed by atoms with E-state index in [-0.39, 0.29) is 59.7 Å². The molecule has 0 radical (unpaired) electrons. The number of nitrogens with zero attached hydrogens (tertiary/aromatic N) is 4. The molecule has 3 aliphatic rings. The molecule has 3 aromatic rings. The largest absolute Gasteiger partial charge is 2.00 e. The molecule has 0 spiro atoms. The first-order valence-corrected chi connectivity index (χ1v) is 19.2. The van der Waals surface area contributed by atoms with Crippen molar-refractivity contribution in [3.8, 4) is 0 Å². The minimum absolute atomic E-state index is 0. The van der Waals surface area contributed by atoms with Crippen molar-refractivity contribution in [2.75, 3.05) is 13.7 Å². The van der Waals surface area contributed by atoms with Gasteiger partial charge in [-0.1, -0.05) is 98.4 Å². The Morgan fingerprint density at radius 1 is 0.964 bits per heavy atom. The van der Waals surface area contributed by atoms with Crippen molar-refractivity contribution < 1.29 is 23.9 Å². The van der Waals surface area contributed by atoms with E-state index in [1.165, 1.54) is 12.7 Å². The first-order valence-electron chi connectivity index (χ1n) is 19.2. The SMILES string of the molecule is C=Cc1c2[n-]c(c1C)/C=C1\[N-]/C(=C3\c4[n-]c(c(C)c4C(=O)[C@@H]3C(=O)OC)/C=c3\[n-]/c(c(C)c3CC)=C\2)[C@@H](CCC(=O)OC/C=C(\C)CCCC(C)C)[C@@H]1C.[Mg+2]. The molecule has 0 aromatic carbocycles. The van der Waals surface area contributed by atoms with Gasteiger partial charge in [0.05, 0.1) is 7.11 Å². The number of hydrogen-bond acceptors (Lipinski definition) is 5. The van der Waals surface area contributed by atoms with Crippen LogP contribution in [0, 0.1) is 44.4 Å². The maximum absolute atomic E-state index is 14.3. The number of allylic oxidation sites excluding steroid dienone is 3. The second kappa shape index (κ2) is 17.2. The van der Waals surface area contributed by atoms with E-state index in [1.54, 1.807) is 0 Å². The molecular weight excluding hydrogens is 701 g/mol. The molecule has 8 bridgehead atoms. The molecule has 10 heteroatoms. The quantitative estimate of drug-likeness (QED) is 0.0861. The van der Waals surface area contributed by atoms with E-state index in [0.29, 0.717) is 46.1 Å². The number of Topliss-reactive ketones (excluding diaryl/α,β-unsaturated/α-hetero) is 1. The van der Waals surface area contributed by atoms with Gasteiger partial charge >= 0.3 is 35.0 Å². The zero-order chi connectivity index (χ0) is 39.0. The average Bonchev–Trinajstić information content (AvgIpc) is 3.87. The third kappa shape index (κ3) is 8.03. The van der Waals surface area contributed by atoms with E-state index in [2.05, 4.69) is 48.1 Å². The van der Waals surface area contributed by atoms with Crippen molar-refractivity contribution in [1.29, 1.82) is 0 Å². The second-order valence-corrected chi connectivity index (χ2v) is 15.4. The number of carbonyl (C=O) groups excluding carboxylic acids is 3. The molecule has 6 rings (SSSR count). The molecule has 0 unspecified atom stereocenters. The van der Waals surface area contributed by atoms with Crippen LogP contribution in [0.4, 0.5) is 0 Å². The molecule has 0 amide bonds. The number of esters is 2. The standard InChI is InChI=1S/C45H53N4O5.Mg/c1-11-29-25(6)32-20-34-27(8)31(16-17-38(50)54-19-18-24(5)15-13-14-23(3)4)42(48-34)40-41(45(52)53-10)44(51)39-28(9)35(49-43(39)40)22-37-30(12-2)26(7)33(47-37)21-36(29)46-32;/h11,18,20-23,27,31,41H,1,12-17,19H2,2-10H3,(H-,48,49,51);/q-3;+2/p-1/b24-18+,33-21-,34-20-,37-22-;/t27-,31-,41+;/m0./s1. The monoisotopic (exact) mass is 752 g/mol. The van der Waals surface area contributed by atoms with Crippen LogP contribution in [0.15, 0.2) is 29.6 Å². The van der Waals surface area contributed by atoms with Crippen LogP contribution < -0.4 is 25.7 Å². The van der Waals surface area contributed by atoms with Gasteiger partial charge in [-0.2, -0.15) is 11.4 Å². The topological polar surface area (TPSA) is 126 Å². The van der Waals surface area contributed by atoms with Crippen LogP contribution in [0.25, 0.3) is 35.2 Å². The van der Waals surface area contributed by atoms with E-state index in [4.69, 9.17) is 29.7 Å². The molecular formula is C45H52MgN4O5-2. The predicted octanol–water partition coefficient (Wildman–Crippen LogP) is 6.75. The summed E-state index contributed by atoms with van der Waals surface area (Å²) in [4.78, 5) is 56.1. The first kappa shape index (κ1) is 41.9. The summed E-state index contributed by atoms with van der Waals surface area (Å²) in [6.07, 6.45) is 14.3. The second-order valence-electron chi connectivity index (χ2n) is 15.4. The number of carbonyl (C=O) groups is 3. The number of rotatable bonds is 12. The Morgan fingerprint density at radius 2 is 1.67 bits per heavy atom. The molecule has 9 nitrogen and oxygen atoms in total. The number of methoxy groups -OCH3 is 1. The molecule has 55 heavy (non-hydrogen) atoms. The Labute approximate surface area is 341 Å². The molecule has 286 valence electrons. The van der Waals surface area contributed by atoms with Crippen LogP contribution in [0.2, 0.25) is 0 Å². The van der Waals surface area contributed by atoms with Crippen molar-refractivity contribution >= 4 is 70.7 Å². The first-order chi connectivity index (χ1) is 25.8. The van der Waals surface area contributed by atoms with Gasteiger partial charge in [0.2, 0.25) is 0 Å². The summed E-state index contributed by atoms with van der Waals surface area (Å²) >= 11 is 0. The van der Waals surface area contributed by atoms with Gasteiger partial charge in [0.25, 0.3) is 0 Å². The predicted molar refractivity (Wildman–Crippen MR) is 218 cm³/mol. The van der Waals surface area contributed by atoms with Crippen LogP contribution in [0.3, 0.4) is 0 Å². The normalized spacial score (nSPS) is 22.2. The summed E-state index contributed by atoms with van der Waals surface area (Å²) in [6.45, 7) is 20.9. The average molecular weight is 753 g/mol. The van der Waals surface area contributed by atoms with E-state index >= 15 is 0 Å². The van der Waals surface area contributed by atoms with Crippen LogP contribution in [-0.2, 0) is 25.5 Å². The third-order valence-electron chi connectivity index (χ3n) is 11.4. The Hall–Kier alpha value is -4.28. The molecule has 5 heterocycles. The molecule has 1 saturated heterocycles. The summed E-state index contributed by atoms with van der Waals surface area (Å²) in [6, 6.07) is 0. The minimum Gasteiger partial charge on any atom is -0.664 e. The van der Waals surface area contributed by atoms with Gasteiger partial charge < -0.3 is 29.7 Å². The fourth-order valence-electron chi connectivity index (χ4n) is 8.16. The third-order valence-corrected chi connectivity index (χ3v) is 11.4. The Morgan fingerprint density at radius 3 is 2.35 bits per heavy atom. The minimum atomic E-state index is -1.22. The van der Waals surface area contributed by atoms with Gasteiger partial charge in [0, 0.05) is 12.0 Å². The van der Waals surface area contributed by atoms with Crippen LogP contribution in [-0.4, -0.2) is 54.5 Å². The number of hydrogen-bond donors (Lipinski definition) is 0. The van der Waals surface area contributed by atoms with Crippen LogP contribution >= 0.6 is 0 Å². The van der Waals surface area contributed by atoms with Gasteiger partial charge in [0.15, 0.2) is 5.78 Å². The van der Waals surface area contributed by atoms with Crippen molar-refractivity contribution in [3.63, 3.8) is 0 Å². The van der Waals surface area contributed by atoms with Crippen LogP contribution in [0.5, 0.6) is 0 Å². The molecule has 0 N–H and O–H groups in total. The Balaban J connectivity index is 0.00000580. The molecule has 1 aliphatic carbocycles. The number of aromatic nitrogens is 3. The van der Waals surface area contributed by atoms with E-state index in [9.17, 15) is 14.4 Å². The zero-order valence-corrected chi connectivity index (χ0v) is 35.3. The van der Waals surface area contributed by atoms with Crippen molar-refractivity contribution in [2.45, 2.75) is 93.9 Å². The smallest absolute Gasteiger partial charge is 0.664 e. The van der Waals surface area contributed by atoms with Crippen molar-refractivity contribution in [3.05, 3.63) is 102 Å². The Kier molecular flexibility index (Phi) is 13.1. The van der Waals surface area contributed by atoms with E-state index in [1.807, 2.05) is 44.2 Å². The molecule has 3 aromatic heterocycles. The van der Waals surface area contributed by atoms with Gasteiger partial charge in [0.1, 0.15) is 12.5 Å². The summed E-state index contributed by atoms with van der Waals surface area (Å²) in [5.41, 5.74) is 10.6. The summed E-state index contributed by atoms with van der Waals surface area (Å²) in [5, 5.41) is 6.79. The number of fused-ring (bicyclic) bond motifs is 7. The van der Waals surface area contributed by atoms with Gasteiger partial charge in [-0.3, -0.25) is 14.4 Å². The fourth-order valence-corrected chi connectivity index (χ4v) is 8.16.